The second-order valence-corrected chi connectivity index (χ2v) is 3.82. The molecule has 0 amide bonds. The van der Waals surface area contributed by atoms with E-state index < -0.39 is 11.4 Å². The molecule has 0 unspecified atom stereocenters. The molecule has 15 heavy (non-hydrogen) atoms. The number of Topliss-reactive ketones (excluding diaryl/α,β-unsaturated/α-hetero) is 1. The first kappa shape index (κ1) is 9.76. The smallest absolute Gasteiger partial charge is 0.316 e. The van der Waals surface area contributed by atoms with Crippen molar-refractivity contribution in [2.24, 2.45) is 0 Å². The predicted molar refractivity (Wildman–Crippen MR) is 50.3 cm³/mol. The molecule has 0 saturated heterocycles. The zero-order valence-corrected chi connectivity index (χ0v) is 8.23. The zero-order chi connectivity index (χ0) is 11.1. The average molecular weight is 206 g/mol. The summed E-state index contributed by atoms with van der Waals surface area (Å²) in [4.78, 5) is 30.1. The number of carbonyl (C=O) groups excluding carboxylic acids is 1. The van der Waals surface area contributed by atoms with Gasteiger partial charge in [0.1, 0.15) is 11.2 Å². The van der Waals surface area contributed by atoms with Crippen molar-refractivity contribution in [2.45, 2.75) is 25.2 Å². The van der Waals surface area contributed by atoms with Gasteiger partial charge in [-0.05, 0) is 6.92 Å². The molecule has 5 nitrogen and oxygen atoms in total. The number of hydrogen-bond acceptors (Lipinski definition) is 4. The molecular formula is C10H10N2O3. The second-order valence-electron chi connectivity index (χ2n) is 3.82. The largest absolute Gasteiger partial charge is 0.481 e. The summed E-state index contributed by atoms with van der Waals surface area (Å²) in [7, 11) is 0. The zero-order valence-electron chi connectivity index (χ0n) is 8.23. The molecule has 1 saturated carbocycles. The van der Waals surface area contributed by atoms with Gasteiger partial charge >= 0.3 is 5.97 Å². The van der Waals surface area contributed by atoms with Gasteiger partial charge in [0.05, 0.1) is 11.4 Å². The minimum absolute atomic E-state index is 0.0279. The molecule has 0 radical (unpaired) electrons. The molecule has 1 aromatic rings. The van der Waals surface area contributed by atoms with Gasteiger partial charge < -0.3 is 5.11 Å². The van der Waals surface area contributed by atoms with Crippen molar-refractivity contribution in [3.63, 3.8) is 0 Å². The van der Waals surface area contributed by atoms with Crippen molar-refractivity contribution < 1.29 is 14.7 Å². The van der Waals surface area contributed by atoms with Gasteiger partial charge in [-0.1, -0.05) is 0 Å². The van der Waals surface area contributed by atoms with Gasteiger partial charge in [0.2, 0.25) is 0 Å². The van der Waals surface area contributed by atoms with Crippen LogP contribution < -0.4 is 0 Å². The van der Waals surface area contributed by atoms with E-state index in [1.807, 2.05) is 0 Å². The first-order chi connectivity index (χ1) is 7.04. The lowest BCUT2D eigenvalue weighted by atomic mass is 9.66. The number of carboxylic acids is 1. The third kappa shape index (κ3) is 1.40. The molecule has 1 aromatic heterocycles. The number of aromatic nitrogens is 2. The van der Waals surface area contributed by atoms with Gasteiger partial charge in [0, 0.05) is 25.2 Å². The van der Waals surface area contributed by atoms with Crippen molar-refractivity contribution >= 4 is 11.8 Å². The van der Waals surface area contributed by atoms with Crippen LogP contribution in [0.15, 0.2) is 12.4 Å². The Balaban J connectivity index is 2.38. The van der Waals surface area contributed by atoms with E-state index in [1.54, 1.807) is 6.92 Å². The van der Waals surface area contributed by atoms with Crippen LogP contribution in [-0.4, -0.2) is 26.8 Å². The summed E-state index contributed by atoms with van der Waals surface area (Å²) in [5.41, 5.74) is -0.0252. The molecule has 2 rings (SSSR count). The van der Waals surface area contributed by atoms with Gasteiger partial charge in [-0.2, -0.15) is 0 Å². The van der Waals surface area contributed by atoms with Gasteiger partial charge in [-0.25, -0.2) is 0 Å². The van der Waals surface area contributed by atoms with E-state index in [0.29, 0.717) is 5.69 Å². The lowest BCUT2D eigenvalue weighted by Gasteiger charge is -2.35. The Morgan fingerprint density at radius 3 is 2.47 bits per heavy atom. The quantitative estimate of drug-likeness (QED) is 0.760. The number of aryl methyl sites for hydroxylation is 1. The Labute approximate surface area is 86.2 Å². The Bertz CT molecular complexity index is 417. The van der Waals surface area contributed by atoms with E-state index in [1.165, 1.54) is 12.4 Å². The van der Waals surface area contributed by atoms with E-state index in [0.717, 1.165) is 5.69 Å². The molecule has 1 aliphatic carbocycles. The Kier molecular flexibility index (Phi) is 2.03. The van der Waals surface area contributed by atoms with Crippen molar-refractivity contribution in [1.29, 1.82) is 0 Å². The standard InChI is InChI=1S/C10H10N2O3/c1-6-4-12-8(5-11-6)10(9(14)15)2-7(13)3-10/h4-5H,2-3H2,1H3,(H,14,15). The second kappa shape index (κ2) is 3.12. The van der Waals surface area contributed by atoms with Crippen molar-refractivity contribution in [2.75, 3.05) is 0 Å². The molecule has 1 heterocycles. The average Bonchev–Trinajstić information content (AvgIpc) is 2.13. The highest BCUT2D eigenvalue weighted by Gasteiger charge is 2.52. The normalized spacial score (nSPS) is 18.3. The molecule has 0 aliphatic heterocycles. The van der Waals surface area contributed by atoms with Gasteiger partial charge in [-0.3, -0.25) is 19.6 Å². The SMILES string of the molecule is Cc1cnc(C2(C(=O)O)CC(=O)C2)cn1. The minimum Gasteiger partial charge on any atom is -0.481 e. The number of nitrogens with zero attached hydrogens (tertiary/aromatic N) is 2. The summed E-state index contributed by atoms with van der Waals surface area (Å²) < 4.78 is 0. The number of carbonyl (C=O) groups is 2. The van der Waals surface area contributed by atoms with Crippen molar-refractivity contribution in [3.05, 3.63) is 23.8 Å². The third-order valence-corrected chi connectivity index (χ3v) is 2.68. The third-order valence-electron chi connectivity index (χ3n) is 2.68. The molecule has 0 atom stereocenters. The van der Waals surface area contributed by atoms with Crippen LogP contribution in [0, 0.1) is 6.92 Å². The Morgan fingerprint density at radius 1 is 1.40 bits per heavy atom. The number of rotatable bonds is 2. The maximum absolute atomic E-state index is 11.1. The summed E-state index contributed by atoms with van der Waals surface area (Å²) in [6, 6.07) is 0. The van der Waals surface area contributed by atoms with E-state index in [-0.39, 0.29) is 18.6 Å². The van der Waals surface area contributed by atoms with Crippen LogP contribution in [0.1, 0.15) is 24.2 Å². The molecule has 0 spiro atoms. The predicted octanol–water partition coefficient (Wildman–Crippen LogP) is 0.470. The monoisotopic (exact) mass is 206 g/mol. The highest BCUT2D eigenvalue weighted by atomic mass is 16.4. The Morgan fingerprint density at radius 2 is 2.07 bits per heavy atom. The number of hydrogen-bond donors (Lipinski definition) is 1. The molecule has 5 heteroatoms. The summed E-state index contributed by atoms with van der Waals surface area (Å²) in [6.45, 7) is 1.77. The highest BCUT2D eigenvalue weighted by Crippen LogP contribution is 2.40. The van der Waals surface area contributed by atoms with Gasteiger partial charge in [0.15, 0.2) is 0 Å². The number of carboxylic acid groups (broad SMARTS) is 1. The first-order valence-corrected chi connectivity index (χ1v) is 4.59. The maximum Gasteiger partial charge on any atom is 0.316 e. The molecule has 78 valence electrons. The summed E-state index contributed by atoms with van der Waals surface area (Å²) in [6.07, 6.45) is 3.01. The van der Waals surface area contributed by atoms with Gasteiger partial charge in [0.25, 0.3) is 0 Å². The van der Waals surface area contributed by atoms with Crippen LogP contribution in [0.3, 0.4) is 0 Å². The number of aliphatic carboxylic acids is 1. The fourth-order valence-electron chi connectivity index (χ4n) is 1.70. The number of ketones is 1. The van der Waals surface area contributed by atoms with Crippen LogP contribution in [0.5, 0.6) is 0 Å². The van der Waals surface area contributed by atoms with E-state index in [9.17, 15) is 9.59 Å². The molecular weight excluding hydrogens is 196 g/mol. The van der Waals surface area contributed by atoms with E-state index in [4.69, 9.17) is 5.11 Å². The first-order valence-electron chi connectivity index (χ1n) is 4.59. The van der Waals surface area contributed by atoms with E-state index in [2.05, 4.69) is 9.97 Å². The van der Waals surface area contributed by atoms with Crippen molar-refractivity contribution in [1.82, 2.24) is 9.97 Å². The van der Waals surface area contributed by atoms with Crippen LogP contribution in [-0.2, 0) is 15.0 Å². The van der Waals surface area contributed by atoms with Crippen LogP contribution >= 0.6 is 0 Å². The van der Waals surface area contributed by atoms with Crippen molar-refractivity contribution in [3.8, 4) is 0 Å². The molecule has 1 N–H and O–H groups in total. The topological polar surface area (TPSA) is 80.1 Å². The summed E-state index contributed by atoms with van der Waals surface area (Å²) in [5.74, 6) is -1.04. The summed E-state index contributed by atoms with van der Waals surface area (Å²) in [5, 5.41) is 9.10. The van der Waals surface area contributed by atoms with Crippen LogP contribution in [0.25, 0.3) is 0 Å². The van der Waals surface area contributed by atoms with E-state index >= 15 is 0 Å². The van der Waals surface area contributed by atoms with Crippen LogP contribution in [0.4, 0.5) is 0 Å². The van der Waals surface area contributed by atoms with Crippen LogP contribution in [0.2, 0.25) is 0 Å². The molecule has 0 aromatic carbocycles. The van der Waals surface area contributed by atoms with Gasteiger partial charge in [-0.15, -0.1) is 0 Å². The summed E-state index contributed by atoms with van der Waals surface area (Å²) >= 11 is 0. The fourth-order valence-corrected chi connectivity index (χ4v) is 1.70. The maximum atomic E-state index is 11.1. The minimum atomic E-state index is -1.13. The molecule has 0 bridgehead atoms. The molecule has 1 aliphatic rings. The fraction of sp³-hybridized carbons (Fsp3) is 0.400. The molecule has 1 fully saturated rings. The Hall–Kier alpha value is -1.78. The lowest BCUT2D eigenvalue weighted by Crippen LogP contribution is -2.48. The lowest BCUT2D eigenvalue weighted by molar-refractivity contribution is -0.153. The highest BCUT2D eigenvalue weighted by molar-refractivity contribution is 6.00.